The van der Waals surface area contributed by atoms with Gasteiger partial charge in [0.05, 0.1) is 6.33 Å². The molecule has 1 atom stereocenters. The molecular weight excluding hydrogens is 458 g/mol. The van der Waals surface area contributed by atoms with Gasteiger partial charge in [0, 0.05) is 30.5 Å². The van der Waals surface area contributed by atoms with Gasteiger partial charge in [-0.1, -0.05) is 15.9 Å². The number of carbonyl (C=O) groups excluding carboxylic acids is 2. The van der Waals surface area contributed by atoms with Crippen molar-refractivity contribution in [3.05, 3.63) is 55.4 Å². The third-order valence-corrected chi connectivity index (χ3v) is 5.32. The summed E-state index contributed by atoms with van der Waals surface area (Å²) in [7, 11) is 2.85. The molecule has 4 rings (SSSR count). The lowest BCUT2D eigenvalue weighted by atomic mass is 10.0. The van der Waals surface area contributed by atoms with Gasteiger partial charge in [0.1, 0.15) is 18.1 Å². The molecule has 0 aliphatic carbocycles. The van der Waals surface area contributed by atoms with Gasteiger partial charge >= 0.3 is 5.69 Å². The highest BCUT2D eigenvalue weighted by molar-refractivity contribution is 9.10. The Balaban J connectivity index is 1.52. The lowest BCUT2D eigenvalue weighted by molar-refractivity contribution is -0.121. The zero-order valence-corrected chi connectivity index (χ0v) is 17.5. The van der Waals surface area contributed by atoms with E-state index < -0.39 is 23.1 Å². The predicted molar refractivity (Wildman–Crippen MR) is 112 cm³/mol. The van der Waals surface area contributed by atoms with Gasteiger partial charge < -0.3 is 9.88 Å². The predicted octanol–water partition coefficient (Wildman–Crippen LogP) is 0.0341. The van der Waals surface area contributed by atoms with E-state index in [1.165, 1.54) is 35.8 Å². The van der Waals surface area contributed by atoms with Gasteiger partial charge in [-0.05, 0) is 23.8 Å². The van der Waals surface area contributed by atoms with Crippen LogP contribution in [-0.4, -0.2) is 36.7 Å². The molecule has 2 amide bonds. The van der Waals surface area contributed by atoms with Crippen LogP contribution in [0.2, 0.25) is 0 Å². The van der Waals surface area contributed by atoms with Gasteiger partial charge in [-0.25, -0.2) is 15.2 Å². The average molecular weight is 474 g/mol. The number of amides is 2. The molecule has 12 heteroatoms. The maximum atomic E-state index is 12.3. The van der Waals surface area contributed by atoms with Gasteiger partial charge in [0.2, 0.25) is 5.91 Å². The first-order valence-corrected chi connectivity index (χ1v) is 9.60. The summed E-state index contributed by atoms with van der Waals surface area (Å²) in [6.07, 6.45) is 2.66. The lowest BCUT2D eigenvalue weighted by Crippen LogP contribution is -2.37. The standard InChI is InChI=1S/C18H16BrN7O4/c1-24-16-14(17(29)25(2)18(24)30)20-8-26(16)7-13(27)23-21-6-11-10-5-9(19)3-4-12(10)22-15(11)28/h3-6,8,11H,7H2,1-2H3,(H,22,28)(H,23,27)/b21-6-/t11-/m1/s1. The van der Waals surface area contributed by atoms with E-state index in [0.717, 1.165) is 14.6 Å². The van der Waals surface area contributed by atoms with E-state index >= 15 is 0 Å². The van der Waals surface area contributed by atoms with Crippen molar-refractivity contribution in [1.29, 1.82) is 0 Å². The molecule has 0 radical (unpaired) electrons. The number of hydrogen-bond donors (Lipinski definition) is 2. The van der Waals surface area contributed by atoms with E-state index in [0.29, 0.717) is 5.69 Å². The Morgan fingerprint density at radius 1 is 1.30 bits per heavy atom. The van der Waals surface area contributed by atoms with Crippen molar-refractivity contribution in [3.8, 4) is 0 Å². The molecule has 1 aliphatic rings. The van der Waals surface area contributed by atoms with E-state index in [1.54, 1.807) is 6.07 Å². The van der Waals surface area contributed by atoms with Gasteiger partial charge in [-0.3, -0.25) is 23.5 Å². The molecule has 3 heterocycles. The minimum atomic E-state index is -0.629. The molecule has 0 unspecified atom stereocenters. The number of aryl methyl sites for hydroxylation is 1. The Labute approximate surface area is 177 Å². The summed E-state index contributed by atoms with van der Waals surface area (Å²) in [6, 6.07) is 5.41. The Hall–Kier alpha value is -3.54. The maximum absolute atomic E-state index is 12.3. The molecule has 3 aromatic rings. The van der Waals surface area contributed by atoms with Crippen molar-refractivity contribution in [2.45, 2.75) is 12.5 Å². The van der Waals surface area contributed by atoms with Crippen LogP contribution in [0.5, 0.6) is 0 Å². The van der Waals surface area contributed by atoms with E-state index in [1.807, 2.05) is 12.1 Å². The highest BCUT2D eigenvalue weighted by atomic mass is 79.9. The summed E-state index contributed by atoms with van der Waals surface area (Å²) in [4.78, 5) is 52.8. The number of fused-ring (bicyclic) bond motifs is 2. The average Bonchev–Trinajstić information content (AvgIpc) is 3.26. The summed E-state index contributed by atoms with van der Waals surface area (Å²) in [5, 5.41) is 6.65. The number of aromatic nitrogens is 4. The Bertz CT molecular complexity index is 1350. The maximum Gasteiger partial charge on any atom is 0.332 e. The van der Waals surface area contributed by atoms with Crippen LogP contribution in [0.15, 0.2) is 43.7 Å². The third kappa shape index (κ3) is 3.24. The van der Waals surface area contributed by atoms with Crippen LogP contribution in [0.3, 0.4) is 0 Å². The second-order valence-corrected chi connectivity index (χ2v) is 7.68. The molecule has 0 saturated carbocycles. The zero-order chi connectivity index (χ0) is 21.6. The van der Waals surface area contributed by atoms with Crippen molar-refractivity contribution in [2.75, 3.05) is 5.32 Å². The third-order valence-electron chi connectivity index (χ3n) is 4.82. The fraction of sp³-hybridized carbons (Fsp3) is 0.222. The van der Waals surface area contributed by atoms with Gasteiger partial charge in [0.15, 0.2) is 5.52 Å². The molecule has 1 aliphatic heterocycles. The van der Waals surface area contributed by atoms with Crippen LogP contribution in [0.25, 0.3) is 11.2 Å². The Morgan fingerprint density at radius 3 is 2.83 bits per heavy atom. The molecule has 2 N–H and O–H groups in total. The number of hydrazone groups is 1. The molecule has 11 nitrogen and oxygen atoms in total. The summed E-state index contributed by atoms with van der Waals surface area (Å²) in [5.74, 6) is -1.38. The molecule has 0 bridgehead atoms. The van der Waals surface area contributed by atoms with E-state index in [4.69, 9.17) is 0 Å². The minimum absolute atomic E-state index is 0.0840. The first-order valence-electron chi connectivity index (χ1n) is 8.81. The van der Waals surface area contributed by atoms with Crippen LogP contribution in [0.4, 0.5) is 5.69 Å². The first kappa shape index (κ1) is 19.8. The summed E-state index contributed by atoms with van der Waals surface area (Å²) in [5.41, 5.74) is 3.05. The molecular formula is C18H16BrN7O4. The quantitative estimate of drug-likeness (QED) is 0.407. The van der Waals surface area contributed by atoms with Gasteiger partial charge in [0.25, 0.3) is 11.5 Å². The second kappa shape index (κ2) is 7.37. The highest BCUT2D eigenvalue weighted by Crippen LogP contribution is 2.33. The van der Waals surface area contributed by atoms with Crippen LogP contribution < -0.4 is 22.0 Å². The van der Waals surface area contributed by atoms with Crippen molar-refractivity contribution in [1.82, 2.24) is 24.1 Å². The highest BCUT2D eigenvalue weighted by Gasteiger charge is 2.29. The molecule has 2 aromatic heterocycles. The van der Waals surface area contributed by atoms with Crippen molar-refractivity contribution in [2.24, 2.45) is 19.2 Å². The Kier molecular flexibility index (Phi) is 4.86. The minimum Gasteiger partial charge on any atom is -0.325 e. The summed E-state index contributed by atoms with van der Waals surface area (Å²) >= 11 is 3.37. The van der Waals surface area contributed by atoms with Crippen LogP contribution in [0.1, 0.15) is 11.5 Å². The van der Waals surface area contributed by atoms with Crippen molar-refractivity contribution >= 4 is 50.8 Å². The van der Waals surface area contributed by atoms with Crippen molar-refractivity contribution in [3.63, 3.8) is 0 Å². The number of nitrogens with zero attached hydrogens (tertiary/aromatic N) is 5. The number of nitrogens with one attached hydrogen (secondary N) is 2. The molecule has 0 spiro atoms. The molecule has 1 aromatic carbocycles. The van der Waals surface area contributed by atoms with E-state index in [-0.39, 0.29) is 23.6 Å². The van der Waals surface area contributed by atoms with Gasteiger partial charge in [-0.2, -0.15) is 5.10 Å². The largest absolute Gasteiger partial charge is 0.332 e. The zero-order valence-electron chi connectivity index (χ0n) is 15.9. The fourth-order valence-electron chi connectivity index (χ4n) is 3.33. The molecule has 0 saturated heterocycles. The second-order valence-electron chi connectivity index (χ2n) is 6.76. The number of hydrogen-bond acceptors (Lipinski definition) is 6. The summed E-state index contributed by atoms with van der Waals surface area (Å²) in [6.45, 7) is -0.215. The SMILES string of the molecule is Cn1c(=O)c2ncn(CC(=O)N/N=C\[C@H]3C(=O)Nc4ccc(Br)cc43)c2n(C)c1=O. The van der Waals surface area contributed by atoms with Gasteiger partial charge in [-0.15, -0.1) is 0 Å². The molecule has 154 valence electrons. The van der Waals surface area contributed by atoms with E-state index in [9.17, 15) is 19.2 Å². The number of benzene rings is 1. The summed E-state index contributed by atoms with van der Waals surface area (Å²) < 4.78 is 4.41. The lowest BCUT2D eigenvalue weighted by Gasteiger charge is -2.08. The monoisotopic (exact) mass is 473 g/mol. The number of anilines is 1. The first-order chi connectivity index (χ1) is 14.3. The molecule has 0 fully saturated rings. The normalized spacial score (nSPS) is 15.6. The number of carbonyl (C=O) groups is 2. The Morgan fingerprint density at radius 2 is 2.07 bits per heavy atom. The fourth-order valence-corrected chi connectivity index (χ4v) is 3.71. The number of imidazole rings is 1. The number of halogens is 1. The smallest absolute Gasteiger partial charge is 0.325 e. The van der Waals surface area contributed by atoms with E-state index in [2.05, 4.69) is 36.8 Å². The molecule has 30 heavy (non-hydrogen) atoms. The van der Waals surface area contributed by atoms with Crippen LogP contribution >= 0.6 is 15.9 Å². The number of rotatable bonds is 4. The van der Waals surface area contributed by atoms with Crippen LogP contribution in [0, 0.1) is 0 Å². The van der Waals surface area contributed by atoms with Crippen molar-refractivity contribution < 1.29 is 9.59 Å². The van der Waals surface area contributed by atoms with Crippen LogP contribution in [-0.2, 0) is 30.2 Å². The topological polar surface area (TPSA) is 132 Å².